The van der Waals surface area contributed by atoms with Gasteiger partial charge in [-0.25, -0.2) is 13.6 Å². The van der Waals surface area contributed by atoms with E-state index >= 15 is 0 Å². The molecule has 0 aliphatic heterocycles. The van der Waals surface area contributed by atoms with Crippen molar-refractivity contribution in [1.29, 1.82) is 0 Å². The van der Waals surface area contributed by atoms with Crippen LogP contribution in [0, 0.1) is 0 Å². The Labute approximate surface area is 115 Å². The molecule has 0 unspecified atom stereocenters. The zero-order valence-corrected chi connectivity index (χ0v) is 10.9. The van der Waals surface area contributed by atoms with Gasteiger partial charge in [-0.3, -0.25) is 0 Å². The molecule has 1 rings (SSSR count). The van der Waals surface area contributed by atoms with Gasteiger partial charge in [0.1, 0.15) is 24.5 Å². The topological polar surface area (TPSA) is 67.8 Å². The van der Waals surface area contributed by atoms with Crippen LogP contribution in [-0.2, 0) is 4.74 Å². The number of carboxylic acids is 1. The molecular weight excluding hydrogens is 272 g/mol. The highest BCUT2D eigenvalue weighted by atomic mass is 19.3. The van der Waals surface area contributed by atoms with Gasteiger partial charge in [-0.05, 0) is 12.1 Å². The van der Waals surface area contributed by atoms with E-state index < -0.39 is 19.0 Å². The molecule has 0 amide bonds. The molecule has 0 fully saturated rings. The second-order valence-electron chi connectivity index (χ2n) is 3.87. The number of benzene rings is 1. The molecule has 112 valence electrons. The lowest BCUT2D eigenvalue weighted by molar-refractivity contribution is 0.0186. The van der Waals surface area contributed by atoms with Crippen molar-refractivity contribution in [2.75, 3.05) is 32.9 Å². The van der Waals surface area contributed by atoms with Crippen LogP contribution in [0.1, 0.15) is 10.4 Å². The molecule has 2 N–H and O–H groups in total. The number of rotatable bonds is 10. The van der Waals surface area contributed by atoms with Gasteiger partial charge in [0, 0.05) is 13.1 Å². The number of ether oxygens (including phenoxy) is 2. The molecule has 1 aromatic rings. The Morgan fingerprint density at radius 1 is 1.25 bits per heavy atom. The highest BCUT2D eigenvalue weighted by Crippen LogP contribution is 2.17. The maximum atomic E-state index is 11.7. The Bertz CT molecular complexity index is 415. The van der Waals surface area contributed by atoms with E-state index in [9.17, 15) is 13.6 Å². The van der Waals surface area contributed by atoms with Gasteiger partial charge in [0.2, 0.25) is 0 Å². The van der Waals surface area contributed by atoms with Crippen LogP contribution < -0.4 is 10.1 Å². The smallest absolute Gasteiger partial charge is 0.339 e. The summed E-state index contributed by atoms with van der Waals surface area (Å²) in [4.78, 5) is 10.9. The number of para-hydroxylation sites is 1. The molecule has 0 saturated carbocycles. The molecule has 0 radical (unpaired) electrons. The molecular formula is C13H17F2NO4. The molecule has 0 aromatic heterocycles. The first kappa shape index (κ1) is 16.3. The summed E-state index contributed by atoms with van der Waals surface area (Å²) >= 11 is 0. The average Bonchev–Trinajstić information content (AvgIpc) is 2.41. The molecule has 0 saturated heterocycles. The molecule has 20 heavy (non-hydrogen) atoms. The van der Waals surface area contributed by atoms with E-state index in [4.69, 9.17) is 9.84 Å². The second kappa shape index (κ2) is 9.22. The quantitative estimate of drug-likeness (QED) is 0.641. The lowest BCUT2D eigenvalue weighted by atomic mass is 10.2. The first-order valence-corrected chi connectivity index (χ1v) is 6.13. The third-order valence-corrected chi connectivity index (χ3v) is 2.32. The SMILES string of the molecule is O=C(O)c1ccccc1OCCNCCOCC(F)F. The van der Waals surface area contributed by atoms with Crippen molar-refractivity contribution < 1.29 is 28.2 Å². The molecule has 5 nitrogen and oxygen atoms in total. The van der Waals surface area contributed by atoms with Gasteiger partial charge in [0.05, 0.1) is 6.61 Å². The fourth-order valence-electron chi connectivity index (χ4n) is 1.44. The van der Waals surface area contributed by atoms with Gasteiger partial charge in [0.15, 0.2) is 0 Å². The van der Waals surface area contributed by atoms with E-state index in [0.717, 1.165) is 0 Å². The van der Waals surface area contributed by atoms with Crippen LogP contribution in [0.25, 0.3) is 0 Å². The number of hydrogen-bond donors (Lipinski definition) is 2. The van der Waals surface area contributed by atoms with Crippen molar-refractivity contribution in [3.8, 4) is 5.75 Å². The molecule has 0 aliphatic rings. The molecule has 0 atom stereocenters. The Hall–Kier alpha value is -1.73. The first-order valence-electron chi connectivity index (χ1n) is 6.13. The Balaban J connectivity index is 2.14. The van der Waals surface area contributed by atoms with Crippen molar-refractivity contribution in [3.63, 3.8) is 0 Å². The van der Waals surface area contributed by atoms with Crippen molar-refractivity contribution in [2.24, 2.45) is 0 Å². The summed E-state index contributed by atoms with van der Waals surface area (Å²) in [7, 11) is 0. The van der Waals surface area contributed by atoms with Gasteiger partial charge in [0.25, 0.3) is 6.43 Å². The number of carboxylic acid groups (broad SMARTS) is 1. The number of aromatic carboxylic acids is 1. The number of halogens is 2. The molecule has 0 bridgehead atoms. The predicted octanol–water partition coefficient (Wildman–Crippen LogP) is 1.63. The van der Waals surface area contributed by atoms with Crippen LogP contribution in [0.3, 0.4) is 0 Å². The maximum absolute atomic E-state index is 11.7. The maximum Gasteiger partial charge on any atom is 0.339 e. The second-order valence-corrected chi connectivity index (χ2v) is 3.87. The minimum Gasteiger partial charge on any atom is -0.491 e. The third kappa shape index (κ3) is 6.44. The lowest BCUT2D eigenvalue weighted by Crippen LogP contribution is -2.25. The van der Waals surface area contributed by atoms with Crippen LogP contribution in [0.4, 0.5) is 8.78 Å². The lowest BCUT2D eigenvalue weighted by Gasteiger charge is -2.09. The summed E-state index contributed by atoms with van der Waals surface area (Å²) < 4.78 is 33.5. The number of nitrogens with one attached hydrogen (secondary N) is 1. The molecule has 0 spiro atoms. The fourth-order valence-corrected chi connectivity index (χ4v) is 1.44. The number of alkyl halides is 2. The van der Waals surface area contributed by atoms with Crippen LogP contribution in [0.15, 0.2) is 24.3 Å². The van der Waals surface area contributed by atoms with E-state index in [1.165, 1.54) is 6.07 Å². The van der Waals surface area contributed by atoms with Gasteiger partial charge in [-0.1, -0.05) is 12.1 Å². The zero-order valence-electron chi connectivity index (χ0n) is 10.9. The fraction of sp³-hybridized carbons (Fsp3) is 0.462. The minimum atomic E-state index is -2.45. The summed E-state index contributed by atoms with van der Waals surface area (Å²) in [5, 5.41) is 11.9. The molecule has 1 aromatic carbocycles. The van der Waals surface area contributed by atoms with Crippen molar-refractivity contribution in [1.82, 2.24) is 5.32 Å². The number of hydrogen-bond acceptors (Lipinski definition) is 4. The summed E-state index contributed by atoms with van der Waals surface area (Å²) in [6.07, 6.45) is -2.45. The average molecular weight is 289 g/mol. The van der Waals surface area contributed by atoms with E-state index in [2.05, 4.69) is 10.1 Å². The monoisotopic (exact) mass is 289 g/mol. The Morgan fingerprint density at radius 3 is 2.65 bits per heavy atom. The third-order valence-electron chi connectivity index (χ3n) is 2.32. The van der Waals surface area contributed by atoms with Gasteiger partial charge in [-0.2, -0.15) is 0 Å². The summed E-state index contributed by atoms with van der Waals surface area (Å²) in [6.45, 7) is 0.794. The van der Waals surface area contributed by atoms with Gasteiger partial charge >= 0.3 is 5.97 Å². The Kier molecular flexibility index (Phi) is 7.52. The first-order chi connectivity index (χ1) is 9.61. The minimum absolute atomic E-state index is 0.104. The largest absolute Gasteiger partial charge is 0.491 e. The zero-order chi connectivity index (χ0) is 14.8. The highest BCUT2D eigenvalue weighted by Gasteiger charge is 2.09. The van der Waals surface area contributed by atoms with Crippen molar-refractivity contribution in [2.45, 2.75) is 6.43 Å². The van der Waals surface area contributed by atoms with E-state index in [1.54, 1.807) is 18.2 Å². The summed E-state index contributed by atoms with van der Waals surface area (Å²) in [5.41, 5.74) is 0.104. The van der Waals surface area contributed by atoms with Crippen LogP contribution in [-0.4, -0.2) is 50.4 Å². The Morgan fingerprint density at radius 2 is 1.95 bits per heavy atom. The van der Waals surface area contributed by atoms with Crippen molar-refractivity contribution >= 4 is 5.97 Å². The molecule has 0 heterocycles. The van der Waals surface area contributed by atoms with Crippen molar-refractivity contribution in [3.05, 3.63) is 29.8 Å². The van der Waals surface area contributed by atoms with Gasteiger partial charge in [-0.15, -0.1) is 0 Å². The number of carbonyl (C=O) groups is 1. The van der Waals surface area contributed by atoms with Crippen LogP contribution >= 0.6 is 0 Å². The van der Waals surface area contributed by atoms with E-state index in [0.29, 0.717) is 18.8 Å². The van der Waals surface area contributed by atoms with Crippen LogP contribution in [0.2, 0.25) is 0 Å². The van der Waals surface area contributed by atoms with E-state index in [-0.39, 0.29) is 18.8 Å². The molecule has 0 aliphatic carbocycles. The summed E-state index contributed by atoms with van der Waals surface area (Å²) in [6, 6.07) is 6.35. The summed E-state index contributed by atoms with van der Waals surface area (Å²) in [5.74, 6) is -0.746. The standard InChI is InChI=1S/C13H17F2NO4/c14-12(15)9-19-7-5-16-6-8-20-11-4-2-1-3-10(11)13(17)18/h1-4,12,16H,5-9H2,(H,17,18). The normalized spacial score (nSPS) is 10.8. The predicted molar refractivity (Wildman–Crippen MR) is 68.6 cm³/mol. The van der Waals surface area contributed by atoms with Gasteiger partial charge < -0.3 is 19.9 Å². The van der Waals surface area contributed by atoms with E-state index in [1.807, 2.05) is 0 Å². The van der Waals surface area contributed by atoms with Crippen LogP contribution in [0.5, 0.6) is 5.75 Å². The highest BCUT2D eigenvalue weighted by molar-refractivity contribution is 5.90. The molecule has 7 heteroatoms.